The van der Waals surface area contributed by atoms with Crippen molar-refractivity contribution in [3.8, 4) is 0 Å². The van der Waals surface area contributed by atoms with Gasteiger partial charge in [0.15, 0.2) is 0 Å². The van der Waals surface area contributed by atoms with Gasteiger partial charge in [0.05, 0.1) is 29.4 Å². The van der Waals surface area contributed by atoms with Gasteiger partial charge in [0.2, 0.25) is 5.91 Å². The number of ether oxygens (including phenoxy) is 1. The van der Waals surface area contributed by atoms with E-state index in [1.165, 1.54) is 6.92 Å². The van der Waals surface area contributed by atoms with Crippen LogP contribution in [0.1, 0.15) is 61.0 Å². The highest BCUT2D eigenvalue weighted by molar-refractivity contribution is 5.77. The van der Waals surface area contributed by atoms with E-state index in [0.717, 1.165) is 18.4 Å². The summed E-state index contributed by atoms with van der Waals surface area (Å²) in [5.41, 5.74) is -2.82. The molecule has 0 saturated carbocycles. The van der Waals surface area contributed by atoms with Crippen LogP contribution in [-0.4, -0.2) is 36.5 Å². The van der Waals surface area contributed by atoms with Crippen LogP contribution in [0.15, 0.2) is 48.5 Å². The molecule has 2 aromatic carbocycles. The summed E-state index contributed by atoms with van der Waals surface area (Å²) < 4.78 is 85.9. The summed E-state index contributed by atoms with van der Waals surface area (Å²) >= 11 is 0. The summed E-state index contributed by atoms with van der Waals surface area (Å²) in [5, 5.41) is 3.45. The third-order valence-corrected chi connectivity index (χ3v) is 7.05. The first kappa shape index (κ1) is 26.5. The van der Waals surface area contributed by atoms with E-state index in [4.69, 9.17) is 4.74 Å². The van der Waals surface area contributed by atoms with Crippen LogP contribution >= 0.6 is 0 Å². The second-order valence-corrected chi connectivity index (χ2v) is 9.52. The Hall–Kier alpha value is -2.59. The van der Waals surface area contributed by atoms with Gasteiger partial charge in [0.25, 0.3) is 0 Å². The molecule has 1 N–H and O–H groups in total. The molecule has 0 spiro atoms. The molecule has 0 aliphatic carbocycles. The second kappa shape index (κ2) is 10.0. The number of likely N-dealkylation sites (tertiary alicyclic amines) is 1. The van der Waals surface area contributed by atoms with Crippen molar-refractivity contribution in [1.82, 2.24) is 10.2 Å². The van der Waals surface area contributed by atoms with Gasteiger partial charge in [-0.2, -0.15) is 26.3 Å². The number of alkyl halides is 6. The predicted octanol–water partition coefficient (Wildman–Crippen LogP) is 6.07. The van der Waals surface area contributed by atoms with E-state index in [2.05, 4.69) is 5.32 Å². The van der Waals surface area contributed by atoms with Crippen molar-refractivity contribution < 1.29 is 35.9 Å². The Labute approximate surface area is 205 Å². The number of carbonyl (C=O) groups excluding carboxylic acids is 1. The van der Waals surface area contributed by atoms with Crippen molar-refractivity contribution in [1.29, 1.82) is 0 Å². The minimum atomic E-state index is -4.93. The number of benzene rings is 2. The molecule has 0 aromatic heterocycles. The first-order chi connectivity index (χ1) is 16.9. The van der Waals surface area contributed by atoms with E-state index in [1.807, 2.05) is 35.2 Å². The number of rotatable bonds is 6. The Bertz CT molecular complexity index is 1040. The lowest BCUT2D eigenvalue weighted by atomic mass is 9.87. The minimum absolute atomic E-state index is 0.00824. The zero-order valence-electron chi connectivity index (χ0n) is 19.8. The van der Waals surface area contributed by atoms with E-state index >= 15 is 0 Å². The van der Waals surface area contributed by atoms with Crippen molar-refractivity contribution in [3.05, 3.63) is 70.8 Å². The smallest absolute Gasteiger partial charge is 0.372 e. The predicted molar refractivity (Wildman–Crippen MR) is 121 cm³/mol. The van der Waals surface area contributed by atoms with Gasteiger partial charge in [-0.3, -0.25) is 4.79 Å². The fourth-order valence-corrected chi connectivity index (χ4v) is 5.04. The van der Waals surface area contributed by atoms with Crippen LogP contribution in [-0.2, 0) is 27.4 Å². The molecule has 2 aliphatic heterocycles. The Morgan fingerprint density at radius 3 is 2.25 bits per heavy atom. The van der Waals surface area contributed by atoms with Crippen LogP contribution in [0.25, 0.3) is 0 Å². The molecule has 2 saturated heterocycles. The van der Waals surface area contributed by atoms with E-state index in [0.29, 0.717) is 38.1 Å². The second-order valence-electron chi connectivity index (χ2n) is 9.52. The van der Waals surface area contributed by atoms with E-state index in [-0.39, 0.29) is 30.2 Å². The molecule has 2 heterocycles. The quantitative estimate of drug-likeness (QED) is 0.476. The molecule has 2 aliphatic rings. The van der Waals surface area contributed by atoms with Crippen molar-refractivity contribution in [3.63, 3.8) is 0 Å². The fraction of sp³-hybridized carbons (Fsp3) is 0.500. The Morgan fingerprint density at radius 2 is 1.67 bits per heavy atom. The maximum atomic E-state index is 13.3. The first-order valence-corrected chi connectivity index (χ1v) is 11.9. The molecule has 4 rings (SSSR count). The highest BCUT2D eigenvalue weighted by atomic mass is 19.4. The lowest BCUT2D eigenvalue weighted by Gasteiger charge is -2.35. The number of nitrogens with zero attached hydrogens (tertiary/aromatic N) is 1. The SMILES string of the molecule is CC(OCC1(c2ccccc2)CC(N2CCCCC2=O)CN1)c1cc(C(F)(F)F)cc(C(F)(F)F)c1. The largest absolute Gasteiger partial charge is 0.416 e. The van der Waals surface area contributed by atoms with Gasteiger partial charge in [0, 0.05) is 25.6 Å². The lowest BCUT2D eigenvalue weighted by molar-refractivity contribution is -0.143. The molecule has 36 heavy (non-hydrogen) atoms. The molecule has 0 radical (unpaired) electrons. The molecule has 3 unspecified atom stereocenters. The standard InChI is InChI=1S/C26H28F6N2O2/c1-17(18-11-20(25(27,28)29)13-21(12-18)26(30,31)32)36-16-24(19-7-3-2-4-8-19)14-22(15-33-24)34-10-6-5-9-23(34)35/h2-4,7-8,11-13,17,22,33H,5-6,9-10,14-16H2,1H3. The summed E-state index contributed by atoms with van der Waals surface area (Å²) in [6.45, 7) is 2.63. The summed E-state index contributed by atoms with van der Waals surface area (Å²) in [5.74, 6) is 0.0924. The lowest BCUT2D eigenvalue weighted by Crippen LogP contribution is -2.44. The highest BCUT2D eigenvalue weighted by Crippen LogP contribution is 2.39. The molecule has 4 nitrogen and oxygen atoms in total. The maximum Gasteiger partial charge on any atom is 0.416 e. The molecule has 2 aromatic rings. The van der Waals surface area contributed by atoms with Gasteiger partial charge in [0.1, 0.15) is 0 Å². The molecule has 10 heteroatoms. The van der Waals surface area contributed by atoms with Gasteiger partial charge in [-0.15, -0.1) is 0 Å². The number of halogens is 6. The van der Waals surface area contributed by atoms with Crippen LogP contribution < -0.4 is 5.32 Å². The molecule has 0 bridgehead atoms. The molecule has 196 valence electrons. The summed E-state index contributed by atoms with van der Waals surface area (Å²) in [6.07, 6.45) is -8.09. The average Bonchev–Trinajstić information content (AvgIpc) is 3.27. The van der Waals surface area contributed by atoms with Crippen LogP contribution in [0.3, 0.4) is 0 Å². The molecule has 1 amide bonds. The topological polar surface area (TPSA) is 41.6 Å². The van der Waals surface area contributed by atoms with E-state index in [1.54, 1.807) is 0 Å². The monoisotopic (exact) mass is 514 g/mol. The van der Waals surface area contributed by atoms with Gasteiger partial charge < -0.3 is 15.0 Å². The molecular weight excluding hydrogens is 486 g/mol. The first-order valence-electron chi connectivity index (χ1n) is 11.9. The summed E-state index contributed by atoms with van der Waals surface area (Å²) in [7, 11) is 0. The number of carbonyl (C=O) groups is 1. The van der Waals surface area contributed by atoms with Crippen LogP contribution in [0.5, 0.6) is 0 Å². The fourth-order valence-electron chi connectivity index (χ4n) is 5.04. The van der Waals surface area contributed by atoms with Crippen LogP contribution in [0, 0.1) is 0 Å². The number of piperidine rings is 1. The number of hydrogen-bond acceptors (Lipinski definition) is 3. The highest BCUT2D eigenvalue weighted by Gasteiger charge is 2.44. The summed E-state index contributed by atoms with van der Waals surface area (Å²) in [6, 6.07) is 10.8. The van der Waals surface area contributed by atoms with E-state index in [9.17, 15) is 31.1 Å². The van der Waals surface area contributed by atoms with Crippen LogP contribution in [0.4, 0.5) is 26.3 Å². The third-order valence-electron chi connectivity index (χ3n) is 7.05. The normalized spacial score (nSPS) is 24.2. The van der Waals surface area contributed by atoms with Crippen molar-refractivity contribution in [2.45, 2.75) is 62.6 Å². The maximum absolute atomic E-state index is 13.3. The Balaban J connectivity index is 1.58. The number of amides is 1. The molecule has 3 atom stereocenters. The Kier molecular flexibility index (Phi) is 7.39. The van der Waals surface area contributed by atoms with Gasteiger partial charge in [-0.25, -0.2) is 0 Å². The third kappa shape index (κ3) is 5.70. The average molecular weight is 515 g/mol. The van der Waals surface area contributed by atoms with Gasteiger partial charge in [-0.1, -0.05) is 30.3 Å². The minimum Gasteiger partial charge on any atom is -0.372 e. The Morgan fingerprint density at radius 1 is 1.03 bits per heavy atom. The summed E-state index contributed by atoms with van der Waals surface area (Å²) in [4.78, 5) is 14.4. The van der Waals surface area contributed by atoms with E-state index < -0.39 is 35.1 Å². The molecular formula is C26H28F6N2O2. The van der Waals surface area contributed by atoms with Crippen molar-refractivity contribution in [2.24, 2.45) is 0 Å². The van der Waals surface area contributed by atoms with Gasteiger partial charge in [-0.05, 0) is 55.5 Å². The van der Waals surface area contributed by atoms with Crippen LogP contribution in [0.2, 0.25) is 0 Å². The number of hydrogen-bond donors (Lipinski definition) is 1. The number of nitrogens with one attached hydrogen (secondary N) is 1. The van der Waals surface area contributed by atoms with Crippen molar-refractivity contribution in [2.75, 3.05) is 19.7 Å². The van der Waals surface area contributed by atoms with Crippen molar-refractivity contribution >= 4 is 5.91 Å². The zero-order valence-corrected chi connectivity index (χ0v) is 19.8. The van der Waals surface area contributed by atoms with Gasteiger partial charge >= 0.3 is 12.4 Å². The zero-order chi connectivity index (χ0) is 26.1. The molecule has 2 fully saturated rings.